The van der Waals surface area contributed by atoms with E-state index in [2.05, 4.69) is 20.0 Å². The van der Waals surface area contributed by atoms with Crippen LogP contribution in [0.25, 0.3) is 0 Å². The van der Waals surface area contributed by atoms with Gasteiger partial charge in [-0.1, -0.05) is 43.7 Å². The summed E-state index contributed by atoms with van der Waals surface area (Å²) in [5.41, 5.74) is 3.18. The van der Waals surface area contributed by atoms with Crippen molar-refractivity contribution in [3.05, 3.63) is 102 Å². The van der Waals surface area contributed by atoms with Gasteiger partial charge in [-0.2, -0.15) is 0 Å². The molecular weight excluding hydrogens is 562 g/mol. The van der Waals surface area contributed by atoms with E-state index in [1.807, 2.05) is 32.9 Å². The Kier molecular flexibility index (Phi) is 8.74. The fraction of sp³-hybridized carbons (Fsp3) is 0.207. The Morgan fingerprint density at radius 1 is 0.829 bits per heavy atom. The van der Waals surface area contributed by atoms with Crippen molar-refractivity contribution in [3.8, 4) is 0 Å². The first-order valence-corrected chi connectivity index (χ1v) is 15.7. The van der Waals surface area contributed by atoms with E-state index >= 15 is 0 Å². The van der Waals surface area contributed by atoms with E-state index in [9.17, 15) is 21.6 Å². The van der Waals surface area contributed by atoms with Crippen molar-refractivity contribution in [1.29, 1.82) is 0 Å². The maximum Gasteiger partial charge on any atom is 0.264 e. The van der Waals surface area contributed by atoms with Gasteiger partial charge in [0.2, 0.25) is 11.9 Å². The summed E-state index contributed by atoms with van der Waals surface area (Å²) in [6.45, 7) is 7.14. The zero-order valence-electron chi connectivity index (χ0n) is 23.1. The van der Waals surface area contributed by atoms with Crippen molar-refractivity contribution in [2.75, 3.05) is 20.9 Å². The van der Waals surface area contributed by atoms with E-state index in [4.69, 9.17) is 0 Å². The minimum atomic E-state index is -4.08. The Labute approximate surface area is 240 Å². The maximum atomic E-state index is 13.6. The quantitative estimate of drug-likeness (QED) is 0.268. The molecule has 0 saturated carbocycles. The van der Waals surface area contributed by atoms with Crippen LogP contribution in [-0.4, -0.2) is 39.3 Å². The zero-order valence-corrected chi connectivity index (χ0v) is 24.7. The number of aromatic nitrogens is 2. The van der Waals surface area contributed by atoms with Crippen molar-refractivity contribution in [2.45, 2.75) is 43.4 Å². The smallest absolute Gasteiger partial charge is 0.264 e. The molecule has 214 valence electrons. The van der Waals surface area contributed by atoms with Gasteiger partial charge in [0.25, 0.3) is 20.0 Å². The van der Waals surface area contributed by atoms with Crippen LogP contribution in [0, 0.1) is 13.8 Å². The highest BCUT2D eigenvalue weighted by atomic mass is 32.2. The lowest BCUT2D eigenvalue weighted by Crippen LogP contribution is -2.38. The summed E-state index contributed by atoms with van der Waals surface area (Å²) >= 11 is 0. The molecule has 10 nitrogen and oxygen atoms in total. The van der Waals surface area contributed by atoms with Gasteiger partial charge in [0.15, 0.2) is 0 Å². The van der Waals surface area contributed by atoms with Gasteiger partial charge in [-0.05, 0) is 79.9 Å². The fourth-order valence-corrected chi connectivity index (χ4v) is 6.28. The number of nitrogens with zero attached hydrogens (tertiary/aromatic N) is 3. The Bertz CT molecular complexity index is 1740. The zero-order chi connectivity index (χ0) is 29.8. The number of hydrogen-bond acceptors (Lipinski definition) is 7. The molecule has 2 N–H and O–H groups in total. The van der Waals surface area contributed by atoms with Crippen molar-refractivity contribution >= 4 is 43.3 Å². The first kappa shape index (κ1) is 29.7. The highest BCUT2D eigenvalue weighted by Gasteiger charge is 2.27. The molecule has 0 fully saturated rings. The molecule has 1 aromatic heterocycles. The van der Waals surface area contributed by atoms with Gasteiger partial charge >= 0.3 is 0 Å². The molecule has 4 aromatic rings. The maximum absolute atomic E-state index is 13.6. The summed E-state index contributed by atoms with van der Waals surface area (Å²) in [7, 11) is -8.05. The number of hydrogen-bond donors (Lipinski definition) is 2. The molecule has 41 heavy (non-hydrogen) atoms. The summed E-state index contributed by atoms with van der Waals surface area (Å²) in [5, 5.41) is 2.66. The summed E-state index contributed by atoms with van der Waals surface area (Å²) in [6, 6.07) is 20.6. The molecule has 4 rings (SSSR count). The van der Waals surface area contributed by atoms with Gasteiger partial charge in [-0.25, -0.2) is 31.5 Å². The van der Waals surface area contributed by atoms with E-state index in [0.29, 0.717) is 17.1 Å². The molecule has 0 spiro atoms. The third-order valence-electron chi connectivity index (χ3n) is 6.21. The highest BCUT2D eigenvalue weighted by molar-refractivity contribution is 7.93. The Morgan fingerprint density at radius 3 is 2.02 bits per heavy atom. The SMILES string of the molecule is Cc1ccc(S(=O)(=O)N(CC(=O)Nc2ccc(S(=O)(=O)Nc3nccc(C)n3)cc2)c2ccc(C(C)C)cc2)cc1. The molecule has 0 atom stereocenters. The lowest BCUT2D eigenvalue weighted by atomic mass is 10.0. The average molecular weight is 594 g/mol. The molecule has 3 aromatic carbocycles. The third kappa shape index (κ3) is 7.27. The lowest BCUT2D eigenvalue weighted by Gasteiger charge is -2.24. The molecule has 0 unspecified atom stereocenters. The van der Waals surface area contributed by atoms with E-state index in [1.165, 1.54) is 42.6 Å². The standard InChI is InChI=1S/C29H31N5O5S2/c1-20(2)23-7-11-25(12-8-23)34(41(38,39)27-13-5-21(3)6-14-27)19-28(35)32-24-9-15-26(16-10-24)40(36,37)33-29-30-18-17-22(4)31-29/h5-18,20H,19H2,1-4H3,(H,32,35)(H,30,31,33). The fourth-order valence-electron chi connectivity index (χ4n) is 3.90. The van der Waals surface area contributed by atoms with Gasteiger partial charge in [0.1, 0.15) is 6.54 Å². The Morgan fingerprint density at radius 2 is 1.44 bits per heavy atom. The van der Waals surface area contributed by atoms with Gasteiger partial charge in [-0.15, -0.1) is 0 Å². The number of carbonyl (C=O) groups excluding carboxylic acids is 1. The summed E-state index contributed by atoms with van der Waals surface area (Å²) in [6.07, 6.45) is 1.44. The van der Waals surface area contributed by atoms with E-state index in [1.54, 1.807) is 37.3 Å². The minimum Gasteiger partial charge on any atom is -0.325 e. The molecule has 0 saturated heterocycles. The summed E-state index contributed by atoms with van der Waals surface area (Å²) < 4.78 is 56.1. The number of amides is 1. The second kappa shape index (κ2) is 12.1. The molecular formula is C29H31N5O5S2. The van der Waals surface area contributed by atoms with Crippen molar-refractivity contribution in [1.82, 2.24) is 9.97 Å². The van der Waals surface area contributed by atoms with E-state index in [0.717, 1.165) is 15.4 Å². The second-order valence-electron chi connectivity index (χ2n) is 9.77. The van der Waals surface area contributed by atoms with Crippen LogP contribution in [0.15, 0.2) is 94.9 Å². The minimum absolute atomic E-state index is 0.0568. The number of sulfonamides is 2. The molecule has 0 bridgehead atoms. The molecule has 1 heterocycles. The van der Waals surface area contributed by atoms with Gasteiger partial charge in [0, 0.05) is 17.6 Å². The van der Waals surface area contributed by atoms with Gasteiger partial charge in [-0.3, -0.25) is 9.10 Å². The van der Waals surface area contributed by atoms with Crippen molar-refractivity contribution in [3.63, 3.8) is 0 Å². The predicted molar refractivity (Wildman–Crippen MR) is 159 cm³/mol. The van der Waals surface area contributed by atoms with Crippen molar-refractivity contribution in [2.24, 2.45) is 0 Å². The monoisotopic (exact) mass is 593 g/mol. The third-order valence-corrected chi connectivity index (χ3v) is 9.34. The molecule has 12 heteroatoms. The average Bonchev–Trinajstić information content (AvgIpc) is 2.92. The van der Waals surface area contributed by atoms with Gasteiger partial charge in [0.05, 0.1) is 15.5 Å². The van der Waals surface area contributed by atoms with E-state index in [-0.39, 0.29) is 21.7 Å². The van der Waals surface area contributed by atoms with Gasteiger partial charge < -0.3 is 5.32 Å². The summed E-state index contributed by atoms with van der Waals surface area (Å²) in [4.78, 5) is 21.0. The topological polar surface area (TPSA) is 138 Å². The predicted octanol–water partition coefficient (Wildman–Crippen LogP) is 4.85. The van der Waals surface area contributed by atoms with Crippen molar-refractivity contribution < 1.29 is 21.6 Å². The molecule has 0 aliphatic rings. The first-order valence-electron chi connectivity index (χ1n) is 12.8. The number of benzene rings is 3. The van der Waals surface area contributed by atoms with Crippen LogP contribution in [0.3, 0.4) is 0 Å². The van der Waals surface area contributed by atoms with E-state index < -0.39 is 32.5 Å². The normalized spacial score (nSPS) is 11.7. The van der Waals surface area contributed by atoms with Crippen LogP contribution in [0.2, 0.25) is 0 Å². The molecule has 0 radical (unpaired) electrons. The largest absolute Gasteiger partial charge is 0.325 e. The van der Waals surface area contributed by atoms with Crippen LogP contribution in [-0.2, 0) is 24.8 Å². The number of aryl methyl sites for hydroxylation is 2. The highest BCUT2D eigenvalue weighted by Crippen LogP contribution is 2.26. The Hall–Kier alpha value is -4.29. The van der Waals surface area contributed by atoms with Crippen LogP contribution in [0.4, 0.5) is 17.3 Å². The van der Waals surface area contributed by atoms with Crippen LogP contribution in [0.5, 0.6) is 0 Å². The number of nitrogens with one attached hydrogen (secondary N) is 2. The molecule has 0 aliphatic carbocycles. The van der Waals surface area contributed by atoms with Crippen LogP contribution < -0.4 is 14.3 Å². The number of carbonyl (C=O) groups is 1. The first-order chi connectivity index (χ1) is 19.3. The molecule has 0 aliphatic heterocycles. The van der Waals surface area contributed by atoms with Crippen LogP contribution in [0.1, 0.15) is 36.6 Å². The lowest BCUT2D eigenvalue weighted by molar-refractivity contribution is -0.114. The Balaban J connectivity index is 1.54. The number of rotatable bonds is 10. The number of anilines is 3. The van der Waals surface area contributed by atoms with Crippen LogP contribution >= 0.6 is 0 Å². The summed E-state index contributed by atoms with van der Waals surface area (Å²) in [5.74, 6) is -0.407. The second-order valence-corrected chi connectivity index (χ2v) is 13.3. The molecule has 1 amide bonds.